The molecule has 5 heteroatoms. The third-order valence-electron chi connectivity index (χ3n) is 9.68. The minimum atomic E-state index is -0.604. The number of ether oxygens (including phenoxy) is 3. The maximum absolute atomic E-state index is 12.7. The molecule has 1 atom stereocenters. The van der Waals surface area contributed by atoms with Gasteiger partial charge >= 0.3 is 11.9 Å². The second-order valence-corrected chi connectivity index (χ2v) is 15.6. The number of hydrogen-bond acceptors (Lipinski definition) is 5. The standard InChI is InChI=1S/C57H90O5/c1-4-7-10-13-16-19-22-25-27-29-30-33-35-38-41-44-47-50-56(58)61-54-55(62-57(59)51-48-45-42-39-36-32-24-21-18-15-12-9-6-3)53-60-52-49-46-43-40-37-34-31-28-26-23-20-17-14-11-8-5-2/h7-12,16-21,25-28,32,34,36-37,42,45,55H,4-6,13-15,22-24,29-31,33,35,38-41,43-44,46-54H2,1-3H3/b10-7-,11-8-,12-9-,19-16-,20-17-,21-18-,27-25-,28-26-,36-32-,37-34-,45-42-. The van der Waals surface area contributed by atoms with Crippen molar-refractivity contribution in [2.24, 2.45) is 0 Å². The molecule has 0 aromatic heterocycles. The molecule has 0 saturated heterocycles. The van der Waals surface area contributed by atoms with Crippen LogP contribution >= 0.6 is 0 Å². The zero-order valence-corrected chi connectivity index (χ0v) is 39.8. The summed E-state index contributed by atoms with van der Waals surface area (Å²) in [5, 5.41) is 0. The maximum Gasteiger partial charge on any atom is 0.306 e. The van der Waals surface area contributed by atoms with E-state index in [-0.39, 0.29) is 31.6 Å². The largest absolute Gasteiger partial charge is 0.462 e. The van der Waals surface area contributed by atoms with Gasteiger partial charge in [0.2, 0.25) is 0 Å². The molecule has 0 amide bonds. The van der Waals surface area contributed by atoms with E-state index < -0.39 is 6.10 Å². The van der Waals surface area contributed by atoms with Gasteiger partial charge < -0.3 is 14.2 Å². The summed E-state index contributed by atoms with van der Waals surface area (Å²) in [4.78, 5) is 25.3. The first-order chi connectivity index (χ1) is 30.6. The Morgan fingerprint density at radius 1 is 0.355 bits per heavy atom. The molecule has 0 aliphatic heterocycles. The number of allylic oxidation sites excluding steroid dienone is 22. The van der Waals surface area contributed by atoms with Crippen molar-refractivity contribution in [2.75, 3.05) is 19.8 Å². The van der Waals surface area contributed by atoms with Crippen LogP contribution in [0.5, 0.6) is 0 Å². The fourth-order valence-corrected chi connectivity index (χ4v) is 6.12. The van der Waals surface area contributed by atoms with Gasteiger partial charge in [-0.3, -0.25) is 9.59 Å². The van der Waals surface area contributed by atoms with Crippen molar-refractivity contribution >= 4 is 11.9 Å². The van der Waals surface area contributed by atoms with Crippen molar-refractivity contribution in [2.45, 2.75) is 194 Å². The van der Waals surface area contributed by atoms with Crippen LogP contribution in [0.2, 0.25) is 0 Å². The molecule has 0 aliphatic rings. The molecular weight excluding hydrogens is 765 g/mol. The molecule has 348 valence electrons. The minimum Gasteiger partial charge on any atom is -0.462 e. The molecule has 0 radical (unpaired) electrons. The Bertz CT molecular complexity index is 1330. The molecule has 0 aromatic carbocycles. The quantitative estimate of drug-likeness (QED) is 0.0347. The normalized spacial score (nSPS) is 13.4. The molecule has 5 nitrogen and oxygen atoms in total. The highest BCUT2D eigenvalue weighted by Gasteiger charge is 2.17. The minimum absolute atomic E-state index is 0.0292. The van der Waals surface area contributed by atoms with Gasteiger partial charge in [0.1, 0.15) is 6.61 Å². The molecule has 0 fully saturated rings. The van der Waals surface area contributed by atoms with Gasteiger partial charge in [-0.05, 0) is 116 Å². The van der Waals surface area contributed by atoms with Crippen molar-refractivity contribution in [3.8, 4) is 0 Å². The topological polar surface area (TPSA) is 61.8 Å². The van der Waals surface area contributed by atoms with Crippen LogP contribution in [-0.2, 0) is 23.8 Å². The molecular formula is C57H90O5. The number of esters is 2. The van der Waals surface area contributed by atoms with Crippen molar-refractivity contribution in [1.29, 1.82) is 0 Å². The summed E-state index contributed by atoms with van der Waals surface area (Å²) in [5.41, 5.74) is 0. The van der Waals surface area contributed by atoms with E-state index in [4.69, 9.17) is 14.2 Å². The van der Waals surface area contributed by atoms with Crippen LogP contribution in [0.15, 0.2) is 134 Å². The van der Waals surface area contributed by atoms with Crippen LogP contribution < -0.4 is 0 Å². The van der Waals surface area contributed by atoms with Gasteiger partial charge in [0.15, 0.2) is 6.10 Å². The molecule has 0 aromatic rings. The lowest BCUT2D eigenvalue weighted by Gasteiger charge is -2.18. The number of hydrogen-bond donors (Lipinski definition) is 0. The van der Waals surface area contributed by atoms with E-state index >= 15 is 0 Å². The summed E-state index contributed by atoms with van der Waals surface area (Å²) in [6, 6.07) is 0. The zero-order chi connectivity index (χ0) is 44.9. The van der Waals surface area contributed by atoms with E-state index in [0.29, 0.717) is 19.4 Å². The molecule has 1 unspecified atom stereocenters. The van der Waals surface area contributed by atoms with Gasteiger partial charge in [-0.25, -0.2) is 0 Å². The van der Waals surface area contributed by atoms with Gasteiger partial charge in [-0.2, -0.15) is 0 Å². The Labute approximate surface area is 381 Å². The average Bonchev–Trinajstić information content (AvgIpc) is 3.27. The summed E-state index contributed by atoms with van der Waals surface area (Å²) in [7, 11) is 0. The number of rotatable bonds is 43. The highest BCUT2D eigenvalue weighted by atomic mass is 16.6. The van der Waals surface area contributed by atoms with Crippen LogP contribution in [0.25, 0.3) is 0 Å². The average molecular weight is 855 g/mol. The first-order valence-electron chi connectivity index (χ1n) is 24.7. The molecule has 0 bridgehead atoms. The smallest absolute Gasteiger partial charge is 0.306 e. The highest BCUT2D eigenvalue weighted by Crippen LogP contribution is 2.12. The molecule has 0 saturated carbocycles. The van der Waals surface area contributed by atoms with Crippen LogP contribution in [0.3, 0.4) is 0 Å². The first kappa shape index (κ1) is 58.0. The molecule has 0 spiro atoms. The van der Waals surface area contributed by atoms with E-state index in [1.54, 1.807) is 0 Å². The predicted octanol–water partition coefficient (Wildman–Crippen LogP) is 16.8. The highest BCUT2D eigenvalue weighted by molar-refractivity contribution is 5.70. The Morgan fingerprint density at radius 2 is 0.710 bits per heavy atom. The van der Waals surface area contributed by atoms with Crippen molar-refractivity contribution in [1.82, 2.24) is 0 Å². The Hall–Kier alpha value is -3.96. The summed E-state index contributed by atoms with van der Waals surface area (Å²) in [6.45, 7) is 7.30. The molecule has 62 heavy (non-hydrogen) atoms. The number of carbonyl (C=O) groups is 2. The van der Waals surface area contributed by atoms with Gasteiger partial charge in [-0.1, -0.05) is 193 Å². The third kappa shape index (κ3) is 48.7. The molecule has 0 rings (SSSR count). The SMILES string of the molecule is CC/C=C\C/C=C\C/C=C\C/C=C\CCCCCOCC(COC(=O)CCCCCCCCC/C=C\C/C=C\C/C=C\CC)OC(=O)CC/C=C\C/C=C\C/C=C\C/C=C\CC. The van der Waals surface area contributed by atoms with E-state index in [1.807, 2.05) is 6.08 Å². The van der Waals surface area contributed by atoms with Crippen LogP contribution in [0.4, 0.5) is 0 Å². The fraction of sp³-hybridized carbons (Fsp3) is 0.579. The van der Waals surface area contributed by atoms with Crippen LogP contribution in [0, 0.1) is 0 Å². The summed E-state index contributed by atoms with van der Waals surface area (Å²) in [6.07, 6.45) is 73.3. The molecule has 0 heterocycles. The third-order valence-corrected chi connectivity index (χ3v) is 9.68. The number of unbranched alkanes of at least 4 members (excludes halogenated alkanes) is 10. The van der Waals surface area contributed by atoms with Crippen molar-refractivity contribution in [3.63, 3.8) is 0 Å². The fourth-order valence-electron chi connectivity index (χ4n) is 6.12. The first-order valence-corrected chi connectivity index (χ1v) is 24.7. The monoisotopic (exact) mass is 855 g/mol. The maximum atomic E-state index is 12.7. The summed E-state index contributed by atoms with van der Waals surface area (Å²) in [5.74, 6) is -0.532. The van der Waals surface area contributed by atoms with Gasteiger partial charge in [0, 0.05) is 19.4 Å². The van der Waals surface area contributed by atoms with E-state index in [0.717, 1.165) is 122 Å². The van der Waals surface area contributed by atoms with Crippen molar-refractivity contribution < 1.29 is 23.8 Å². The number of carbonyl (C=O) groups excluding carboxylic acids is 2. The van der Waals surface area contributed by atoms with E-state index in [1.165, 1.54) is 25.7 Å². The lowest BCUT2D eigenvalue weighted by atomic mass is 10.1. The molecule has 0 N–H and O–H groups in total. The second-order valence-electron chi connectivity index (χ2n) is 15.6. The van der Waals surface area contributed by atoms with Crippen LogP contribution in [0.1, 0.15) is 188 Å². The second kappa shape index (κ2) is 51.4. The van der Waals surface area contributed by atoms with Crippen LogP contribution in [-0.4, -0.2) is 37.9 Å². The molecule has 0 aliphatic carbocycles. The lowest BCUT2D eigenvalue weighted by Crippen LogP contribution is -2.30. The summed E-state index contributed by atoms with van der Waals surface area (Å²) < 4.78 is 17.3. The van der Waals surface area contributed by atoms with E-state index in [9.17, 15) is 9.59 Å². The van der Waals surface area contributed by atoms with E-state index in [2.05, 4.69) is 148 Å². The Kier molecular flexibility index (Phi) is 48.1. The van der Waals surface area contributed by atoms with Gasteiger partial charge in [-0.15, -0.1) is 0 Å². The Morgan fingerprint density at radius 3 is 1.15 bits per heavy atom. The van der Waals surface area contributed by atoms with Gasteiger partial charge in [0.25, 0.3) is 0 Å². The predicted molar refractivity (Wildman–Crippen MR) is 269 cm³/mol. The Balaban J connectivity index is 4.45. The van der Waals surface area contributed by atoms with Gasteiger partial charge in [0.05, 0.1) is 6.61 Å². The van der Waals surface area contributed by atoms with Crippen molar-refractivity contribution in [3.05, 3.63) is 134 Å². The lowest BCUT2D eigenvalue weighted by molar-refractivity contribution is -0.162. The summed E-state index contributed by atoms with van der Waals surface area (Å²) >= 11 is 0. The zero-order valence-electron chi connectivity index (χ0n) is 39.8.